The number of anilines is 1. The highest BCUT2D eigenvalue weighted by molar-refractivity contribution is 6.33. The van der Waals surface area contributed by atoms with E-state index in [0.29, 0.717) is 0 Å². The quantitative estimate of drug-likeness (QED) is 0.874. The highest BCUT2D eigenvalue weighted by atomic mass is 35.5. The van der Waals surface area contributed by atoms with Crippen molar-refractivity contribution in [1.82, 2.24) is 4.98 Å². The summed E-state index contributed by atoms with van der Waals surface area (Å²) < 4.78 is 0. The summed E-state index contributed by atoms with van der Waals surface area (Å²) in [5, 5.41) is 4.04. The van der Waals surface area contributed by atoms with Gasteiger partial charge < -0.3 is 5.32 Å². The highest BCUT2D eigenvalue weighted by Gasteiger charge is 1.99. The average molecular weight is 233 g/mol. The summed E-state index contributed by atoms with van der Waals surface area (Å²) in [7, 11) is 0. The maximum atomic E-state index is 6.12. The van der Waals surface area contributed by atoms with Gasteiger partial charge in [0.05, 0.1) is 10.7 Å². The number of hydrogen-bond acceptors (Lipinski definition) is 2. The van der Waals surface area contributed by atoms with Crippen LogP contribution >= 0.6 is 11.6 Å². The van der Waals surface area contributed by atoms with Crippen LogP contribution in [0.4, 0.5) is 5.69 Å². The minimum Gasteiger partial charge on any atom is -0.380 e. The summed E-state index contributed by atoms with van der Waals surface area (Å²) in [6.45, 7) is 2.76. The molecule has 0 saturated carbocycles. The molecule has 0 spiro atoms. The van der Waals surface area contributed by atoms with Crippen LogP contribution < -0.4 is 5.32 Å². The van der Waals surface area contributed by atoms with Gasteiger partial charge in [-0.2, -0.15) is 0 Å². The molecule has 0 saturated heterocycles. The van der Waals surface area contributed by atoms with Gasteiger partial charge in [-0.25, -0.2) is 0 Å². The van der Waals surface area contributed by atoms with Gasteiger partial charge in [0.1, 0.15) is 0 Å². The van der Waals surface area contributed by atoms with E-state index in [0.717, 1.165) is 28.4 Å². The van der Waals surface area contributed by atoms with E-state index in [4.69, 9.17) is 11.6 Å². The molecule has 0 atom stereocenters. The van der Waals surface area contributed by atoms with Crippen LogP contribution in [-0.4, -0.2) is 4.98 Å². The first-order chi connectivity index (χ1) is 7.75. The third-order valence-corrected chi connectivity index (χ3v) is 2.64. The average Bonchev–Trinajstić information content (AvgIpc) is 2.29. The third kappa shape index (κ3) is 2.74. The zero-order chi connectivity index (χ0) is 11.4. The number of rotatable bonds is 3. The van der Waals surface area contributed by atoms with Crippen LogP contribution in [0.1, 0.15) is 11.1 Å². The molecule has 0 unspecified atom stereocenters. The number of halogens is 1. The van der Waals surface area contributed by atoms with Crippen molar-refractivity contribution in [2.75, 3.05) is 5.32 Å². The Balaban J connectivity index is 2.05. The predicted molar refractivity (Wildman–Crippen MR) is 67.8 cm³/mol. The van der Waals surface area contributed by atoms with Gasteiger partial charge in [-0.1, -0.05) is 23.7 Å². The maximum Gasteiger partial charge on any atom is 0.0640 e. The molecule has 3 heteroatoms. The van der Waals surface area contributed by atoms with Crippen LogP contribution in [-0.2, 0) is 6.54 Å². The van der Waals surface area contributed by atoms with Crippen LogP contribution in [0.3, 0.4) is 0 Å². The van der Waals surface area contributed by atoms with E-state index in [2.05, 4.69) is 10.3 Å². The Bertz CT molecular complexity index is 469. The van der Waals surface area contributed by atoms with Crippen molar-refractivity contribution in [2.24, 2.45) is 0 Å². The molecule has 0 aliphatic rings. The van der Waals surface area contributed by atoms with Crippen LogP contribution in [0.2, 0.25) is 5.02 Å². The highest BCUT2D eigenvalue weighted by Crippen LogP contribution is 2.23. The molecule has 1 aromatic heterocycles. The van der Waals surface area contributed by atoms with Crippen LogP contribution in [0, 0.1) is 6.92 Å². The summed E-state index contributed by atoms with van der Waals surface area (Å²) >= 11 is 6.12. The number of aryl methyl sites for hydroxylation is 1. The van der Waals surface area contributed by atoms with Crippen molar-refractivity contribution in [3.63, 3.8) is 0 Å². The van der Waals surface area contributed by atoms with Crippen LogP contribution in [0.15, 0.2) is 42.7 Å². The van der Waals surface area contributed by atoms with Gasteiger partial charge in [0.2, 0.25) is 0 Å². The van der Waals surface area contributed by atoms with E-state index in [1.54, 1.807) is 6.20 Å². The minimum atomic E-state index is 0.733. The number of aromatic nitrogens is 1. The van der Waals surface area contributed by atoms with Gasteiger partial charge in [-0.15, -0.1) is 0 Å². The van der Waals surface area contributed by atoms with Crippen molar-refractivity contribution in [3.05, 3.63) is 58.9 Å². The Morgan fingerprint density at radius 3 is 2.88 bits per heavy atom. The summed E-state index contributed by atoms with van der Waals surface area (Å²) in [4.78, 5) is 4.06. The molecule has 16 heavy (non-hydrogen) atoms. The number of nitrogens with one attached hydrogen (secondary N) is 1. The molecule has 0 radical (unpaired) electrons. The first-order valence-electron chi connectivity index (χ1n) is 5.14. The summed E-state index contributed by atoms with van der Waals surface area (Å²) in [6, 6.07) is 9.94. The fourth-order valence-electron chi connectivity index (χ4n) is 1.46. The monoisotopic (exact) mass is 232 g/mol. The Labute approximate surface area is 100 Å². The third-order valence-electron chi connectivity index (χ3n) is 2.33. The maximum absolute atomic E-state index is 6.12. The van der Waals surface area contributed by atoms with Crippen LogP contribution in [0.25, 0.3) is 0 Å². The van der Waals surface area contributed by atoms with Crippen molar-refractivity contribution in [1.29, 1.82) is 0 Å². The zero-order valence-electron chi connectivity index (χ0n) is 9.07. The Hall–Kier alpha value is -1.54. The van der Waals surface area contributed by atoms with Gasteiger partial charge in [-0.3, -0.25) is 4.98 Å². The molecular weight excluding hydrogens is 220 g/mol. The van der Waals surface area contributed by atoms with Crippen LogP contribution in [0.5, 0.6) is 0 Å². The second kappa shape index (κ2) is 4.99. The number of benzene rings is 1. The lowest BCUT2D eigenvalue weighted by Gasteiger charge is -2.08. The van der Waals surface area contributed by atoms with E-state index < -0.39 is 0 Å². The Kier molecular flexibility index (Phi) is 3.42. The Morgan fingerprint density at radius 1 is 1.31 bits per heavy atom. The first kappa shape index (κ1) is 11.0. The molecule has 0 fully saturated rings. The first-order valence-corrected chi connectivity index (χ1v) is 5.52. The van der Waals surface area contributed by atoms with Gasteiger partial charge in [0.15, 0.2) is 0 Å². The molecular formula is C13H13ClN2. The molecule has 82 valence electrons. The van der Waals surface area contributed by atoms with Gasteiger partial charge in [-0.05, 0) is 36.2 Å². The van der Waals surface area contributed by atoms with E-state index in [-0.39, 0.29) is 0 Å². The molecule has 1 N–H and O–H groups in total. The number of hydrogen-bond donors (Lipinski definition) is 1. The molecule has 0 aliphatic carbocycles. The number of pyridine rings is 1. The predicted octanol–water partition coefficient (Wildman–Crippen LogP) is 3.66. The van der Waals surface area contributed by atoms with Crippen molar-refractivity contribution in [3.8, 4) is 0 Å². The summed E-state index contributed by atoms with van der Waals surface area (Å²) in [5.74, 6) is 0. The normalized spacial score (nSPS) is 10.1. The number of nitrogens with zero attached hydrogens (tertiary/aromatic N) is 1. The van der Waals surface area contributed by atoms with Crippen molar-refractivity contribution < 1.29 is 0 Å². The molecule has 2 nitrogen and oxygen atoms in total. The largest absolute Gasteiger partial charge is 0.380 e. The second-order valence-electron chi connectivity index (χ2n) is 3.70. The fraction of sp³-hybridized carbons (Fsp3) is 0.154. The van der Waals surface area contributed by atoms with Gasteiger partial charge in [0, 0.05) is 18.9 Å². The van der Waals surface area contributed by atoms with Gasteiger partial charge >= 0.3 is 0 Å². The molecule has 1 heterocycles. The standard InChI is InChI=1S/C13H13ClN2/c1-10-4-5-13(12(14)7-10)16-9-11-3-2-6-15-8-11/h2-8,16H,9H2,1H3. The van der Waals surface area contributed by atoms with Gasteiger partial charge in [0.25, 0.3) is 0 Å². The lowest BCUT2D eigenvalue weighted by Crippen LogP contribution is -2.00. The molecule has 0 bridgehead atoms. The summed E-state index contributed by atoms with van der Waals surface area (Å²) in [6.07, 6.45) is 3.61. The zero-order valence-corrected chi connectivity index (χ0v) is 9.83. The molecule has 2 aromatic rings. The molecule has 0 amide bonds. The van der Waals surface area contributed by atoms with E-state index in [1.165, 1.54) is 0 Å². The SMILES string of the molecule is Cc1ccc(NCc2cccnc2)c(Cl)c1. The molecule has 2 rings (SSSR count). The fourth-order valence-corrected chi connectivity index (χ4v) is 1.77. The van der Waals surface area contributed by atoms with Crippen molar-refractivity contribution in [2.45, 2.75) is 13.5 Å². The molecule has 1 aromatic carbocycles. The second-order valence-corrected chi connectivity index (χ2v) is 4.11. The topological polar surface area (TPSA) is 24.9 Å². The van der Waals surface area contributed by atoms with E-state index in [9.17, 15) is 0 Å². The smallest absolute Gasteiger partial charge is 0.0640 e. The lowest BCUT2D eigenvalue weighted by atomic mass is 10.2. The minimum absolute atomic E-state index is 0.733. The summed E-state index contributed by atoms with van der Waals surface area (Å²) in [5.41, 5.74) is 3.26. The van der Waals surface area contributed by atoms with E-state index in [1.807, 2.05) is 43.5 Å². The Morgan fingerprint density at radius 2 is 2.19 bits per heavy atom. The molecule has 0 aliphatic heterocycles. The van der Waals surface area contributed by atoms with Crippen molar-refractivity contribution >= 4 is 17.3 Å². The van der Waals surface area contributed by atoms with E-state index >= 15 is 0 Å². The lowest BCUT2D eigenvalue weighted by molar-refractivity contribution is 1.11.